The molecule has 1 aliphatic rings. The van der Waals surface area contributed by atoms with Gasteiger partial charge in [-0.3, -0.25) is 5.43 Å². The number of hydrogen-bond donors (Lipinski definition) is 2. The van der Waals surface area contributed by atoms with Gasteiger partial charge in [-0.15, -0.1) is 0 Å². The number of anilines is 1. The monoisotopic (exact) mass is 234 g/mol. The molecule has 0 unspecified atom stereocenters. The molecule has 82 valence electrons. The van der Waals surface area contributed by atoms with E-state index in [9.17, 15) is 0 Å². The van der Waals surface area contributed by atoms with Gasteiger partial charge < -0.3 is 0 Å². The number of benzene rings is 1. The van der Waals surface area contributed by atoms with Crippen LogP contribution in [-0.4, -0.2) is 16.0 Å². The first kappa shape index (κ1) is 9.81. The minimum atomic E-state index is 0.561. The molecule has 0 radical (unpaired) electrons. The van der Waals surface area contributed by atoms with Crippen molar-refractivity contribution in [2.45, 2.75) is 18.9 Å². The highest BCUT2D eigenvalue weighted by molar-refractivity contribution is 6.35. The Hall–Kier alpha value is -1.39. The lowest BCUT2D eigenvalue weighted by molar-refractivity contribution is 0.781. The summed E-state index contributed by atoms with van der Waals surface area (Å²) >= 11 is 6.07. The van der Waals surface area contributed by atoms with E-state index < -0.39 is 0 Å². The Morgan fingerprint density at radius 2 is 2.19 bits per heavy atom. The molecule has 4 nitrogen and oxygen atoms in total. The summed E-state index contributed by atoms with van der Waals surface area (Å²) in [6, 6.07) is 6.23. The Kier molecular flexibility index (Phi) is 2.38. The van der Waals surface area contributed by atoms with Gasteiger partial charge in [0.05, 0.1) is 10.5 Å². The predicted molar refractivity (Wildman–Crippen MR) is 64.3 cm³/mol. The molecular weight excluding hydrogens is 224 g/mol. The van der Waals surface area contributed by atoms with Crippen molar-refractivity contribution in [2.24, 2.45) is 0 Å². The molecule has 0 atom stereocenters. The van der Waals surface area contributed by atoms with Crippen LogP contribution in [0, 0.1) is 0 Å². The number of rotatable bonds is 3. The molecule has 1 aromatic carbocycles. The molecule has 0 amide bonds. The smallest absolute Gasteiger partial charge is 0.237 e. The highest BCUT2D eigenvalue weighted by atomic mass is 35.5. The first-order valence-corrected chi connectivity index (χ1v) is 5.63. The fraction of sp³-hybridized carbons (Fsp3) is 0.273. The van der Waals surface area contributed by atoms with E-state index in [2.05, 4.69) is 20.8 Å². The number of hydrogen-bond acceptors (Lipinski definition) is 4. The van der Waals surface area contributed by atoms with E-state index in [4.69, 9.17) is 11.6 Å². The number of hydrazine groups is 1. The van der Waals surface area contributed by atoms with Gasteiger partial charge >= 0.3 is 0 Å². The summed E-state index contributed by atoms with van der Waals surface area (Å²) in [6.45, 7) is 0. The van der Waals surface area contributed by atoms with Gasteiger partial charge in [0, 0.05) is 17.6 Å². The lowest BCUT2D eigenvalue weighted by Gasteiger charge is -2.06. The van der Waals surface area contributed by atoms with Crippen molar-refractivity contribution in [3.05, 3.63) is 29.4 Å². The zero-order chi connectivity index (χ0) is 11.0. The van der Waals surface area contributed by atoms with Crippen LogP contribution >= 0.6 is 11.6 Å². The van der Waals surface area contributed by atoms with Crippen LogP contribution in [0.2, 0.25) is 5.02 Å². The van der Waals surface area contributed by atoms with Gasteiger partial charge in [0.1, 0.15) is 0 Å². The minimum Gasteiger partial charge on any atom is -0.289 e. The molecule has 3 rings (SSSR count). The van der Waals surface area contributed by atoms with Crippen LogP contribution in [0.1, 0.15) is 12.8 Å². The fourth-order valence-electron chi connectivity index (χ4n) is 1.47. The summed E-state index contributed by atoms with van der Waals surface area (Å²) in [6.07, 6.45) is 4.19. The molecule has 1 aliphatic carbocycles. The van der Waals surface area contributed by atoms with Gasteiger partial charge in [-0.1, -0.05) is 23.7 Å². The zero-order valence-electron chi connectivity index (χ0n) is 8.57. The fourth-order valence-corrected chi connectivity index (χ4v) is 1.70. The summed E-state index contributed by atoms with van der Waals surface area (Å²) in [5.74, 6) is 0.563. The predicted octanol–water partition coefficient (Wildman–Crippen LogP) is 2.36. The molecule has 0 bridgehead atoms. The minimum absolute atomic E-state index is 0.561. The maximum atomic E-state index is 6.07. The summed E-state index contributed by atoms with van der Waals surface area (Å²) in [5, 5.41) is 1.60. The summed E-state index contributed by atoms with van der Waals surface area (Å²) < 4.78 is 0. The van der Waals surface area contributed by atoms with Crippen LogP contribution in [0.4, 0.5) is 5.95 Å². The Morgan fingerprint density at radius 1 is 1.31 bits per heavy atom. The maximum absolute atomic E-state index is 6.07. The first-order chi connectivity index (χ1) is 7.83. The van der Waals surface area contributed by atoms with Crippen molar-refractivity contribution in [2.75, 3.05) is 5.43 Å². The second-order valence-electron chi connectivity index (χ2n) is 3.91. The average molecular weight is 235 g/mol. The summed E-state index contributed by atoms with van der Waals surface area (Å²) in [4.78, 5) is 8.56. The number of aromatic nitrogens is 2. The van der Waals surface area contributed by atoms with Crippen LogP contribution in [0.5, 0.6) is 0 Å². The topological polar surface area (TPSA) is 49.8 Å². The molecule has 2 aromatic rings. The van der Waals surface area contributed by atoms with Crippen molar-refractivity contribution in [3.8, 4) is 0 Å². The quantitative estimate of drug-likeness (QED) is 0.801. The third-order valence-electron chi connectivity index (χ3n) is 2.53. The van der Waals surface area contributed by atoms with E-state index in [1.165, 1.54) is 12.8 Å². The van der Waals surface area contributed by atoms with Crippen LogP contribution in [0.3, 0.4) is 0 Å². The number of nitrogens with one attached hydrogen (secondary N) is 2. The van der Waals surface area contributed by atoms with Gasteiger partial charge in [0.2, 0.25) is 5.95 Å². The molecule has 0 aliphatic heterocycles. The van der Waals surface area contributed by atoms with E-state index in [0.717, 1.165) is 10.9 Å². The van der Waals surface area contributed by atoms with E-state index in [0.29, 0.717) is 17.0 Å². The van der Waals surface area contributed by atoms with E-state index >= 15 is 0 Å². The molecular formula is C11H11ClN4. The van der Waals surface area contributed by atoms with Crippen molar-refractivity contribution >= 4 is 28.5 Å². The highest BCUT2D eigenvalue weighted by Gasteiger charge is 2.20. The molecule has 1 saturated carbocycles. The first-order valence-electron chi connectivity index (χ1n) is 5.26. The zero-order valence-corrected chi connectivity index (χ0v) is 9.33. The third-order valence-corrected chi connectivity index (χ3v) is 2.83. The molecule has 5 heteroatoms. The summed E-state index contributed by atoms with van der Waals surface area (Å²) in [5.41, 5.74) is 6.91. The van der Waals surface area contributed by atoms with Crippen LogP contribution in [0.25, 0.3) is 10.9 Å². The van der Waals surface area contributed by atoms with Crippen molar-refractivity contribution in [1.82, 2.24) is 15.4 Å². The van der Waals surface area contributed by atoms with Crippen molar-refractivity contribution in [3.63, 3.8) is 0 Å². The molecule has 0 saturated heterocycles. The van der Waals surface area contributed by atoms with Crippen LogP contribution in [-0.2, 0) is 0 Å². The molecule has 1 fully saturated rings. The van der Waals surface area contributed by atoms with E-state index in [1.807, 2.05) is 18.2 Å². The second kappa shape index (κ2) is 3.88. The van der Waals surface area contributed by atoms with Gasteiger partial charge in [0.25, 0.3) is 0 Å². The van der Waals surface area contributed by atoms with Crippen molar-refractivity contribution in [1.29, 1.82) is 0 Å². The third kappa shape index (κ3) is 1.94. The van der Waals surface area contributed by atoms with Gasteiger partial charge in [-0.25, -0.2) is 15.4 Å². The Bertz CT molecular complexity index is 524. The summed E-state index contributed by atoms with van der Waals surface area (Å²) in [7, 11) is 0. The van der Waals surface area contributed by atoms with Gasteiger partial charge in [-0.2, -0.15) is 0 Å². The molecule has 1 heterocycles. The van der Waals surface area contributed by atoms with Crippen molar-refractivity contribution < 1.29 is 0 Å². The lowest BCUT2D eigenvalue weighted by atomic mass is 10.2. The standard InChI is InChI=1S/C11H11ClN4/c12-9-3-1-2-7-6-13-11(14-10(7)9)16-15-8-4-5-8/h1-3,6,8,15H,4-5H2,(H,13,14,16). The largest absolute Gasteiger partial charge is 0.289 e. The Labute approximate surface area is 98.0 Å². The van der Waals surface area contributed by atoms with Crippen LogP contribution in [0.15, 0.2) is 24.4 Å². The maximum Gasteiger partial charge on any atom is 0.237 e. The number of nitrogens with zero attached hydrogens (tertiary/aromatic N) is 2. The molecule has 0 spiro atoms. The Morgan fingerprint density at radius 3 is 3.00 bits per heavy atom. The highest BCUT2D eigenvalue weighted by Crippen LogP contribution is 2.22. The number of halogens is 1. The average Bonchev–Trinajstić information content (AvgIpc) is 3.11. The van der Waals surface area contributed by atoms with Gasteiger partial charge in [-0.05, 0) is 18.9 Å². The number of para-hydroxylation sites is 1. The van der Waals surface area contributed by atoms with Gasteiger partial charge in [0.15, 0.2) is 0 Å². The van der Waals surface area contributed by atoms with E-state index in [-0.39, 0.29) is 0 Å². The molecule has 1 aromatic heterocycles. The SMILES string of the molecule is Clc1cccc2cnc(NNC3CC3)nc12. The lowest BCUT2D eigenvalue weighted by Crippen LogP contribution is -2.24. The second-order valence-corrected chi connectivity index (χ2v) is 4.32. The van der Waals surface area contributed by atoms with Crippen LogP contribution < -0.4 is 10.9 Å². The number of fused-ring (bicyclic) bond motifs is 1. The normalized spacial score (nSPS) is 15.3. The van der Waals surface area contributed by atoms with E-state index in [1.54, 1.807) is 6.20 Å². The molecule has 2 N–H and O–H groups in total. The molecule has 16 heavy (non-hydrogen) atoms. The Balaban J connectivity index is 1.91.